The summed E-state index contributed by atoms with van der Waals surface area (Å²) in [7, 11) is 0.298. The first-order chi connectivity index (χ1) is 62.0. The number of anilines is 10. The summed E-state index contributed by atoms with van der Waals surface area (Å²) in [6.07, 6.45) is 13.9. The van der Waals surface area contributed by atoms with Crippen LogP contribution in [0.5, 0.6) is 0 Å². The molecule has 17 aromatic rings. The lowest BCUT2D eigenvalue weighted by atomic mass is 10.1. The molecule has 1 aliphatic carbocycles. The van der Waals surface area contributed by atoms with Crippen molar-refractivity contribution in [1.82, 2.24) is 68.1 Å². The molecule has 25 nitrogen and oxygen atoms in total. The molecule has 5 N–H and O–H groups in total. The Balaban J connectivity index is 0.000000126. The molecule has 8 aromatic carbocycles. The number of rotatable bonds is 19. The van der Waals surface area contributed by atoms with Crippen LogP contribution in [-0.4, -0.2) is 152 Å². The van der Waals surface area contributed by atoms with Crippen molar-refractivity contribution in [3.63, 3.8) is 0 Å². The number of aromatic nitrogens is 13. The van der Waals surface area contributed by atoms with Gasteiger partial charge in [0.25, 0.3) is 0 Å². The van der Waals surface area contributed by atoms with E-state index in [0.29, 0.717) is 34.3 Å². The predicted octanol–water partition coefficient (Wildman–Crippen LogP) is 22.1. The van der Waals surface area contributed by atoms with E-state index in [-0.39, 0.29) is 17.0 Å². The highest BCUT2D eigenvalue weighted by Crippen LogP contribution is 2.54. The standard InChI is InChI=1S/C28H35N4OP.C20H20N3OP.C17H20ClN6OP.C17H21N4O2P.C17H17N2OP/c1-18(2)34(33,19(3)4)22-16-14-21(15-17-22)29-27-25-26(23-12-8-9-13-24(23)30-27)32(5)28(31-25)20-10-6-7-11-20;1-23-17-7-5-4-6-16(17)19-18(23)12-13-21-20(19)22-14-8-10-15(11-9-14)25(2,3)24;1-23-7-9-26(25,10-8-23)13-5-3-12(4-6-13)20-17-15-16(14(18)11-19-17)24(2)22-21-15;1-20-14-9-10-18-16(15(14)21(2)17(20)22)19-13-7-5-12(6-8-13)11-24(3,4)23;1-21(2,20)15-9-7-14(8-10-15)19-17-16-6-4-3-5-13(16)11-12-18-17/h8-9,12-20H,6-7,10-11H2,1-5H3,(H,29,30);4-13H,1-3H3,(H,21,22);3-6,11H,7-10H2,1-2H3,(H,19,20);5-10H,11H2,1-4H3,(H,18,19);3-12H,1-2H3,(H,18,19). The Bertz CT molecular complexity index is 7310. The minimum Gasteiger partial charge on any atom is -0.343 e. The van der Waals surface area contributed by atoms with Crippen molar-refractivity contribution in [2.45, 2.75) is 76.8 Å². The van der Waals surface area contributed by atoms with Gasteiger partial charge in [0.2, 0.25) is 0 Å². The first kappa shape index (κ1) is 93.1. The molecule has 2 fully saturated rings. The van der Waals surface area contributed by atoms with Crippen LogP contribution in [0.1, 0.15) is 70.7 Å². The Morgan fingerprint density at radius 3 is 1.54 bits per heavy atom. The Kier molecular flexibility index (Phi) is 27.8. The number of imidazole rings is 2. The van der Waals surface area contributed by atoms with Crippen LogP contribution in [0.15, 0.2) is 242 Å². The van der Waals surface area contributed by atoms with E-state index in [2.05, 4.69) is 156 Å². The third kappa shape index (κ3) is 20.4. The van der Waals surface area contributed by atoms with E-state index in [1.807, 2.05) is 182 Å². The lowest BCUT2D eigenvalue weighted by Gasteiger charge is -2.29. The van der Waals surface area contributed by atoms with Crippen molar-refractivity contribution in [2.24, 2.45) is 35.2 Å². The third-order valence-electron chi connectivity index (χ3n) is 24.4. The lowest BCUT2D eigenvalue weighted by Crippen LogP contribution is -2.34. The molecule has 0 spiro atoms. The molecular weight excluding hydrogens is 1740 g/mol. The molecule has 0 unspecified atom stereocenters. The molecule has 672 valence electrons. The molecule has 2 aliphatic rings. The van der Waals surface area contributed by atoms with Crippen molar-refractivity contribution in [1.29, 1.82) is 0 Å². The Labute approximate surface area is 763 Å². The molecule has 0 amide bonds. The van der Waals surface area contributed by atoms with Gasteiger partial charge in [0.15, 0.2) is 23.0 Å². The van der Waals surface area contributed by atoms with Crippen LogP contribution in [0.3, 0.4) is 0 Å². The topological polar surface area (TPSA) is 294 Å². The monoisotopic (exact) mass is 1850 g/mol. The van der Waals surface area contributed by atoms with E-state index in [0.717, 1.165) is 158 Å². The lowest BCUT2D eigenvalue weighted by molar-refractivity contribution is 0.361. The molecule has 1 aliphatic heterocycles. The van der Waals surface area contributed by atoms with E-state index >= 15 is 0 Å². The molecule has 0 atom stereocenters. The fraction of sp³-hybridized carbons (Fsp3) is 0.283. The van der Waals surface area contributed by atoms with Gasteiger partial charge in [-0.15, -0.1) is 5.10 Å². The minimum atomic E-state index is -2.46. The molecule has 1 saturated heterocycles. The highest BCUT2D eigenvalue weighted by Gasteiger charge is 2.34. The van der Waals surface area contributed by atoms with E-state index < -0.39 is 35.7 Å². The molecule has 9 aromatic heterocycles. The van der Waals surface area contributed by atoms with Crippen LogP contribution in [0.2, 0.25) is 5.02 Å². The Morgan fingerprint density at radius 2 is 0.946 bits per heavy atom. The quantitative estimate of drug-likeness (QED) is 0.0470. The summed E-state index contributed by atoms with van der Waals surface area (Å²) in [5.41, 5.74) is 14.0. The maximum Gasteiger partial charge on any atom is 0.328 e. The zero-order valence-corrected chi connectivity index (χ0v) is 81.7. The van der Waals surface area contributed by atoms with Crippen molar-refractivity contribution in [3.05, 3.63) is 264 Å². The summed E-state index contributed by atoms with van der Waals surface area (Å²) in [5.74, 6) is 5.35. The molecule has 130 heavy (non-hydrogen) atoms. The van der Waals surface area contributed by atoms with Gasteiger partial charge in [0, 0.05) is 174 Å². The van der Waals surface area contributed by atoms with Gasteiger partial charge in [-0.2, -0.15) is 0 Å². The minimum absolute atomic E-state index is 0.0851. The first-order valence-corrected chi connectivity index (χ1v) is 55.9. The van der Waals surface area contributed by atoms with Crippen molar-refractivity contribution >= 4 is 203 Å². The number of fused-ring (bicyclic) bond motifs is 9. The van der Waals surface area contributed by atoms with Gasteiger partial charge in [0.05, 0.1) is 45.8 Å². The number of hydrogen-bond donors (Lipinski definition) is 5. The number of hydrogen-bond acceptors (Lipinski definition) is 20. The summed E-state index contributed by atoms with van der Waals surface area (Å²) >= 11 is 6.19. The second-order valence-corrected chi connectivity index (χ2v) is 53.0. The second kappa shape index (κ2) is 38.8. The van der Waals surface area contributed by atoms with Crippen LogP contribution < -0.4 is 53.5 Å². The number of benzene rings is 8. The summed E-state index contributed by atoms with van der Waals surface area (Å²) in [4.78, 5) is 42.1. The fourth-order valence-corrected chi connectivity index (χ4v) is 26.1. The first-order valence-electron chi connectivity index (χ1n) is 43.6. The number of nitrogens with zero attached hydrogens (tertiary/aromatic N) is 14. The van der Waals surface area contributed by atoms with Gasteiger partial charge in [-0.1, -0.05) is 130 Å². The number of aryl methyl sites for hydroxylation is 5. The van der Waals surface area contributed by atoms with Crippen molar-refractivity contribution in [2.75, 3.05) is 99.0 Å². The van der Waals surface area contributed by atoms with E-state index in [9.17, 15) is 27.6 Å². The summed E-state index contributed by atoms with van der Waals surface area (Å²) in [6.45, 7) is 20.7. The normalized spacial score (nSPS) is 13.8. The van der Waals surface area contributed by atoms with Gasteiger partial charge in [-0.3, -0.25) is 9.13 Å². The zero-order valence-electron chi connectivity index (χ0n) is 76.4. The molecule has 1 saturated carbocycles. The Morgan fingerprint density at radius 1 is 0.454 bits per heavy atom. The van der Waals surface area contributed by atoms with Crippen LogP contribution in [0.4, 0.5) is 57.5 Å². The van der Waals surface area contributed by atoms with Crippen LogP contribution in [-0.2, 0) is 64.2 Å². The van der Waals surface area contributed by atoms with E-state index in [1.54, 1.807) is 93.5 Å². The smallest absolute Gasteiger partial charge is 0.328 e. The molecule has 0 bridgehead atoms. The summed E-state index contributed by atoms with van der Waals surface area (Å²) in [6, 6.07) is 69.8. The third-order valence-corrected chi connectivity index (χ3v) is 36.1. The largest absolute Gasteiger partial charge is 0.343 e. The van der Waals surface area contributed by atoms with Gasteiger partial charge in [-0.05, 0) is 210 Å². The van der Waals surface area contributed by atoms with Gasteiger partial charge in [-0.25, -0.2) is 39.4 Å². The predicted molar refractivity (Wildman–Crippen MR) is 546 cm³/mol. The molecule has 0 radical (unpaired) electrons. The summed E-state index contributed by atoms with van der Waals surface area (Å²) < 4.78 is 72.3. The maximum absolute atomic E-state index is 13.7. The van der Waals surface area contributed by atoms with Crippen molar-refractivity contribution in [3.8, 4) is 0 Å². The highest BCUT2D eigenvalue weighted by molar-refractivity contribution is 7.73. The van der Waals surface area contributed by atoms with Gasteiger partial charge < -0.3 is 63.4 Å². The Hall–Kier alpha value is -11.6. The van der Waals surface area contributed by atoms with Crippen LogP contribution in [0, 0.1) is 0 Å². The van der Waals surface area contributed by atoms with Crippen LogP contribution >= 0.6 is 47.3 Å². The second-order valence-electron chi connectivity index (χ2n) is 35.5. The highest BCUT2D eigenvalue weighted by atomic mass is 35.5. The maximum atomic E-state index is 13.7. The average molecular weight is 1860 g/mol. The van der Waals surface area contributed by atoms with E-state index in [4.69, 9.17) is 21.6 Å². The average Bonchev–Trinajstić information content (AvgIpc) is 1.62. The molecular formula is C99H113ClN19O6P5. The van der Waals surface area contributed by atoms with Gasteiger partial charge in [0.1, 0.15) is 62.6 Å². The van der Waals surface area contributed by atoms with Crippen molar-refractivity contribution < 1.29 is 22.8 Å². The molecule has 19 rings (SSSR count). The SMILES string of the molecule is CC(C)P(=O)(c1ccc(Nc2nc3ccccc3c3c2nc(C2CCCC2)n3C)cc1)C(C)C.CN1CCP(=O)(c2ccc(Nc3ncc(Cl)c4c3nnn4C)cc2)CC1.CP(C)(=O)c1ccc(Nc2nccc3ccccc23)cc1.Cn1c(=O)n(C)c2c(Nc3ccc(CP(C)(C)=O)cc3)nccc21.Cn1c2ccccc2c2c(Nc3ccc(P(C)(C)=O)cc3)nccc21. The number of para-hydroxylation sites is 2. The summed E-state index contributed by atoms with van der Waals surface area (Å²) in [5, 5.41) is 34.8. The number of halogens is 1. The van der Waals surface area contributed by atoms with Gasteiger partial charge >= 0.3 is 5.69 Å². The number of nitrogens with one attached hydrogen (secondary N) is 5. The van der Waals surface area contributed by atoms with Crippen LogP contribution in [0.25, 0.3) is 76.6 Å². The zero-order chi connectivity index (χ0) is 92.3. The van der Waals surface area contributed by atoms with E-state index in [1.165, 1.54) is 42.4 Å². The number of pyridine rings is 5. The molecule has 31 heteroatoms. The molecule has 10 heterocycles. The fourth-order valence-electron chi connectivity index (χ4n) is 17.2.